The molecule has 0 spiro atoms. The molecule has 48 nitrogen and oxygen atoms in total. The Bertz CT molecular complexity index is 3700. The lowest BCUT2D eigenvalue weighted by Gasteiger charge is -2.51. The van der Waals surface area contributed by atoms with E-state index >= 15 is 0 Å². The van der Waals surface area contributed by atoms with E-state index in [9.17, 15) is 136 Å². The zero-order valence-electron chi connectivity index (χ0n) is 85.0. The predicted molar refractivity (Wildman–Crippen MR) is 510 cm³/mol. The average molecular weight is 2110 g/mol. The van der Waals surface area contributed by atoms with Crippen LogP contribution < -0.4 is 26.6 Å². The quantitative estimate of drug-likeness (QED) is 0.0202. The average Bonchev–Trinajstić information content (AvgIpc) is 0.778. The lowest BCUT2D eigenvalue weighted by Crippen LogP contribution is -2.71. The number of unbranched alkanes of at least 4 members (excludes halogenated alkanes) is 28. The van der Waals surface area contributed by atoms with E-state index in [-0.39, 0.29) is 6.42 Å². The van der Waals surface area contributed by atoms with E-state index in [2.05, 4.69) is 52.6 Å². The molecule has 0 saturated carbocycles. The monoisotopic (exact) mass is 2110 g/mol. The molecule has 0 aliphatic carbocycles. The highest BCUT2D eigenvalue weighted by atomic mass is 16.8. The van der Waals surface area contributed by atoms with Gasteiger partial charge in [-0.05, 0) is 44.9 Å². The van der Waals surface area contributed by atoms with Crippen LogP contribution in [0.1, 0.15) is 247 Å². The van der Waals surface area contributed by atoms with Crippen molar-refractivity contribution in [1.29, 1.82) is 0 Å². The minimum Gasteiger partial charge on any atom is -0.394 e. The van der Waals surface area contributed by atoms with Gasteiger partial charge in [-0.3, -0.25) is 24.0 Å². The Morgan fingerprint density at radius 3 is 0.979 bits per heavy atom. The maximum atomic E-state index is 13.9. The normalized spacial score (nSPS) is 37.6. The van der Waals surface area contributed by atoms with E-state index in [1.807, 2.05) is 0 Å². The Balaban J connectivity index is 1.02. The van der Waals surface area contributed by atoms with Crippen LogP contribution in [0.15, 0.2) is 24.3 Å². The molecule has 8 aliphatic heterocycles. The van der Waals surface area contributed by atoms with Crippen molar-refractivity contribution in [3.63, 3.8) is 0 Å². The van der Waals surface area contributed by atoms with Crippen LogP contribution in [0.5, 0.6) is 0 Å². The Hall–Kier alpha value is -4.69. The van der Waals surface area contributed by atoms with Gasteiger partial charge in [0.25, 0.3) is 0 Å². The molecule has 16 unspecified atom stereocenters. The second kappa shape index (κ2) is 66.5. The van der Waals surface area contributed by atoms with Gasteiger partial charge in [0, 0.05) is 34.1 Å². The summed E-state index contributed by atoms with van der Waals surface area (Å²) in [5, 5.41) is 264. The summed E-state index contributed by atoms with van der Waals surface area (Å²) in [7, 11) is 0. The molecule has 0 aromatic heterocycles. The summed E-state index contributed by atoms with van der Waals surface area (Å²) >= 11 is 0. The fourth-order valence-corrected chi connectivity index (χ4v) is 19.5. The lowest BCUT2D eigenvalue weighted by atomic mass is 9.93. The number of carbonyl (C=O) groups excluding carboxylic acids is 5. The summed E-state index contributed by atoms with van der Waals surface area (Å²) in [6, 6.07) is -8.20. The molecular formula is C98H173N5O43. The first-order valence-electron chi connectivity index (χ1n) is 52.6. The molecule has 5 amide bonds. The summed E-state index contributed by atoms with van der Waals surface area (Å²) in [5.74, 6) is -3.80. The van der Waals surface area contributed by atoms with E-state index < -0.39 is 347 Å². The van der Waals surface area contributed by atoms with Crippen molar-refractivity contribution in [3.05, 3.63) is 24.3 Å². The second-order valence-corrected chi connectivity index (χ2v) is 39.5. The Labute approximate surface area is 853 Å². The van der Waals surface area contributed by atoms with Gasteiger partial charge in [-0.25, -0.2) is 0 Å². The fraction of sp³-hybridized carbons (Fsp3) is 0.908. The molecule has 0 radical (unpaired) electrons. The van der Waals surface area contributed by atoms with E-state index in [1.165, 1.54) is 109 Å². The minimum absolute atomic E-state index is 0.0964. The number of hydrogen-bond acceptors (Lipinski definition) is 43. The highest BCUT2D eigenvalue weighted by molar-refractivity contribution is 5.76. The van der Waals surface area contributed by atoms with Crippen molar-refractivity contribution in [1.82, 2.24) is 26.6 Å². The molecule has 27 N–H and O–H groups in total. The third kappa shape index (κ3) is 37.9. The van der Waals surface area contributed by atoms with Crippen LogP contribution in [0.25, 0.3) is 0 Å². The van der Waals surface area contributed by atoms with Crippen molar-refractivity contribution in [2.45, 2.75) is 505 Å². The van der Waals surface area contributed by atoms with Gasteiger partial charge in [-0.1, -0.05) is 192 Å². The minimum atomic E-state index is -2.47. The van der Waals surface area contributed by atoms with Crippen LogP contribution in [-0.4, -0.2) is 459 Å². The second-order valence-electron chi connectivity index (χ2n) is 39.5. The Morgan fingerprint density at radius 2 is 0.562 bits per heavy atom. The first-order chi connectivity index (χ1) is 70.0. The molecule has 8 heterocycles. The van der Waals surface area contributed by atoms with Gasteiger partial charge >= 0.3 is 0 Å². The number of aliphatic hydroxyl groups is 22. The van der Waals surface area contributed by atoms with Crippen molar-refractivity contribution < 1.29 is 212 Å². The van der Waals surface area contributed by atoms with Crippen LogP contribution in [0.4, 0.5) is 0 Å². The Kier molecular flexibility index (Phi) is 57.6. The first-order valence-corrected chi connectivity index (χ1v) is 52.6. The van der Waals surface area contributed by atoms with Crippen LogP contribution >= 0.6 is 0 Å². The molecule has 8 saturated heterocycles. The fourth-order valence-electron chi connectivity index (χ4n) is 19.5. The van der Waals surface area contributed by atoms with Crippen LogP contribution in [0.2, 0.25) is 0 Å². The zero-order valence-corrected chi connectivity index (χ0v) is 85.0. The summed E-state index contributed by atoms with van der Waals surface area (Å²) in [5.41, 5.74) is 0. The molecule has 8 aliphatic rings. The predicted octanol–water partition coefficient (Wildman–Crippen LogP) is -4.37. The molecular weight excluding hydrogens is 1940 g/mol. The zero-order chi connectivity index (χ0) is 107. The number of nitrogens with one attached hydrogen (secondary N) is 5. The smallest absolute Gasteiger partial charge is 0.220 e. The molecule has 8 rings (SSSR count). The number of hydrogen-bond donors (Lipinski definition) is 27. The molecule has 848 valence electrons. The van der Waals surface area contributed by atoms with Gasteiger partial charge in [-0.2, -0.15) is 0 Å². The van der Waals surface area contributed by atoms with Gasteiger partial charge in [0.05, 0.1) is 71.6 Å². The van der Waals surface area contributed by atoms with Crippen LogP contribution in [-0.2, 0) is 99.8 Å². The molecule has 146 heavy (non-hydrogen) atoms. The molecule has 0 aromatic rings. The van der Waals surface area contributed by atoms with E-state index in [0.29, 0.717) is 12.8 Å². The summed E-state index contributed by atoms with van der Waals surface area (Å²) in [6.07, 6.45) is -32.0. The number of allylic oxidation sites excluding steroid dienone is 3. The Morgan fingerprint density at radius 1 is 0.274 bits per heavy atom. The number of amides is 5. The number of rotatable bonds is 65. The van der Waals surface area contributed by atoms with Crippen molar-refractivity contribution in [2.24, 2.45) is 0 Å². The lowest BCUT2D eigenvalue weighted by molar-refractivity contribution is -0.392. The van der Waals surface area contributed by atoms with Crippen molar-refractivity contribution in [2.75, 3.05) is 59.5 Å². The van der Waals surface area contributed by atoms with E-state index in [1.54, 1.807) is 6.08 Å². The molecule has 8 fully saturated rings. The topological polar surface area (TPSA) is 738 Å². The van der Waals surface area contributed by atoms with Crippen molar-refractivity contribution >= 4 is 29.5 Å². The summed E-state index contributed by atoms with van der Waals surface area (Å²) < 4.78 is 96.7. The number of aliphatic hydroxyl groups excluding tert-OH is 22. The van der Waals surface area contributed by atoms with E-state index in [4.69, 9.17) is 75.8 Å². The van der Waals surface area contributed by atoms with Crippen LogP contribution in [0.3, 0.4) is 0 Å². The molecule has 42 atom stereocenters. The summed E-state index contributed by atoms with van der Waals surface area (Å²) in [6.45, 7) is -0.540. The number of carbonyl (C=O) groups is 5. The van der Waals surface area contributed by atoms with Gasteiger partial charge in [0.15, 0.2) is 50.3 Å². The third-order valence-electron chi connectivity index (χ3n) is 27.9. The van der Waals surface area contributed by atoms with E-state index in [0.717, 1.165) is 111 Å². The largest absolute Gasteiger partial charge is 0.394 e. The molecule has 0 bridgehead atoms. The third-order valence-corrected chi connectivity index (χ3v) is 27.9. The maximum absolute atomic E-state index is 13.9. The number of ether oxygens (including phenoxy) is 16. The van der Waals surface area contributed by atoms with Gasteiger partial charge in [-0.15, -0.1) is 0 Å². The highest BCUT2D eigenvalue weighted by Gasteiger charge is 2.61. The first kappa shape index (κ1) is 126. The molecule has 0 aromatic carbocycles. The van der Waals surface area contributed by atoms with Gasteiger partial charge in [0.1, 0.15) is 195 Å². The van der Waals surface area contributed by atoms with Gasteiger partial charge in [0.2, 0.25) is 29.5 Å². The highest BCUT2D eigenvalue weighted by Crippen LogP contribution is 2.40. The maximum Gasteiger partial charge on any atom is 0.220 e. The van der Waals surface area contributed by atoms with Crippen LogP contribution in [0, 0.1) is 0 Å². The SMILES string of the molecule is CCCCCCCC/C=C\CCCCCCCCCCCCCC(=O)N[C@@H](CO[C@@H]1OC(CO)[C@@H](O[C@@H]2OC(CO[C@@H]3OC(CO)[C@@H](O[C@@H]4OC(CO)[C@H](O[C@@H]5OC(CO)[C@H](O)[C@H](O)C5NC(C)=O)[C@H](O)C4O)[C@H](O)C3NC(C)=O)[C@H](O)[C@H](O[C@H]3OC(CO)[C@H](O)[C@H](O[C@@H]4OC(CO)[C@H](O)[C@H](O[C@H]5OC(CO)[C@H](O)[C@H](O)C5NC(C)=O)C4NC(C)=O)C3O)C2O)[C@H](O)C1O)[C@H](O)/C=C/CCCCCCCCCCCCC. The van der Waals surface area contributed by atoms with Gasteiger partial charge < -0.3 is 215 Å². The standard InChI is InChI=1S/C98H173N5O43/c1-7-9-11-13-15-17-19-21-22-23-24-25-26-27-28-30-32-34-36-38-40-42-66(116)103-56(57(115)41-39-37-35-33-31-29-20-18-16-14-12-10-8-2)50-131-95-81(127)79(125)87(63(48-109)138-95)143-98-84(130)90(146-97-83(129)89(74(120)61(46-107)136-97)145-94-70(102-55(6)114)88(73(119)60(45-106)135-94)144-93-68(100-53(4)112)77(123)72(118)59(44-105)134-93)75(121)65(140-98)51-132-91-69(101-54(5)113)78(124)85(62(47-108)137-91)142-96-82(128)80(126)86(64(49-110)139-96)141-92-67(99-52(3)111)76(122)71(117)58(43-104)133-92/h21-22,39,41,56-65,67-98,104-110,115,117-130H,7-20,23-38,40,42-51H2,1-6H3,(H,99,111)(H,100,112)(H,101,113)(H,102,114)(H,103,116)/b22-21-,41-39+/t56-,57+,58?,59?,60?,61?,62?,63?,64?,65?,67?,68?,69?,70?,71-,72-,73-,74-,75-,76+,77+,78+,79+,80+,81?,82?,83?,84?,85+,86-,87+,88+,89-,90-,91+,92-,93+,94-,95+,96-,97+,98-/m0/s1. The summed E-state index contributed by atoms with van der Waals surface area (Å²) in [4.78, 5) is 65.0. The van der Waals surface area contributed by atoms with Crippen molar-refractivity contribution in [3.8, 4) is 0 Å². The molecule has 48 heteroatoms.